The number of nitrogens with one attached hydrogen (secondary N) is 1. The molecule has 1 aromatic heterocycles. The number of thiazole rings is 1. The van der Waals surface area contributed by atoms with E-state index < -0.39 is 0 Å². The summed E-state index contributed by atoms with van der Waals surface area (Å²) in [4.78, 5) is 18.9. The zero-order valence-corrected chi connectivity index (χ0v) is 13.0. The normalized spacial score (nSPS) is 10.8. The highest BCUT2D eigenvalue weighted by Gasteiger charge is 2.18. The van der Waals surface area contributed by atoms with Crippen molar-refractivity contribution in [3.63, 3.8) is 0 Å². The number of carbonyl (C=O) groups is 1. The summed E-state index contributed by atoms with van der Waals surface area (Å²) in [6.07, 6.45) is 0.966. The highest BCUT2D eigenvalue weighted by Crippen LogP contribution is 2.27. The standard InChI is InChI=1S/C13H24N4OS/c1-5-17(6-2)13-16-11(14)10(19-13)12(18)15-8-7-9(3)4/h9H,5-8,14H2,1-4H3,(H,15,18). The van der Waals surface area contributed by atoms with E-state index in [4.69, 9.17) is 5.73 Å². The number of hydrogen-bond donors (Lipinski definition) is 2. The molecule has 108 valence electrons. The average molecular weight is 284 g/mol. The smallest absolute Gasteiger partial charge is 0.265 e. The van der Waals surface area contributed by atoms with Crippen LogP contribution in [0.15, 0.2) is 0 Å². The molecule has 0 aliphatic rings. The number of nitrogen functional groups attached to an aromatic ring is 1. The molecule has 1 aromatic rings. The molecule has 19 heavy (non-hydrogen) atoms. The first kappa shape index (κ1) is 15.8. The van der Waals surface area contributed by atoms with Crippen LogP contribution in [-0.2, 0) is 0 Å². The summed E-state index contributed by atoms with van der Waals surface area (Å²) in [7, 11) is 0. The first-order valence-electron chi connectivity index (χ1n) is 6.79. The Kier molecular flexibility index (Phi) is 6.08. The predicted octanol–water partition coefficient (Wildman–Crippen LogP) is 2.35. The van der Waals surface area contributed by atoms with Crippen molar-refractivity contribution in [2.45, 2.75) is 34.1 Å². The molecule has 0 radical (unpaired) electrons. The van der Waals surface area contributed by atoms with E-state index in [-0.39, 0.29) is 5.91 Å². The molecule has 0 unspecified atom stereocenters. The summed E-state index contributed by atoms with van der Waals surface area (Å²) >= 11 is 1.36. The van der Waals surface area contributed by atoms with Gasteiger partial charge in [-0.1, -0.05) is 25.2 Å². The first-order valence-corrected chi connectivity index (χ1v) is 7.60. The van der Waals surface area contributed by atoms with Gasteiger partial charge < -0.3 is 16.0 Å². The topological polar surface area (TPSA) is 71.2 Å². The van der Waals surface area contributed by atoms with Crippen LogP contribution in [0.3, 0.4) is 0 Å². The Labute approximate surface area is 119 Å². The fraction of sp³-hybridized carbons (Fsp3) is 0.692. The van der Waals surface area contributed by atoms with E-state index >= 15 is 0 Å². The number of carbonyl (C=O) groups excluding carboxylic acids is 1. The van der Waals surface area contributed by atoms with E-state index in [0.717, 1.165) is 24.6 Å². The molecular weight excluding hydrogens is 260 g/mol. The minimum atomic E-state index is -0.117. The molecule has 1 heterocycles. The fourth-order valence-corrected chi connectivity index (χ4v) is 2.70. The van der Waals surface area contributed by atoms with E-state index in [1.54, 1.807) is 0 Å². The molecule has 1 amide bonds. The molecule has 0 saturated heterocycles. The fourth-order valence-electron chi connectivity index (χ4n) is 1.67. The molecule has 0 fully saturated rings. The summed E-state index contributed by atoms with van der Waals surface area (Å²) in [5.41, 5.74) is 5.83. The molecule has 0 aliphatic carbocycles. The molecule has 1 rings (SSSR count). The Morgan fingerprint density at radius 1 is 1.42 bits per heavy atom. The van der Waals surface area contributed by atoms with Gasteiger partial charge in [0.05, 0.1) is 0 Å². The van der Waals surface area contributed by atoms with E-state index in [1.807, 2.05) is 0 Å². The van der Waals surface area contributed by atoms with Gasteiger partial charge in [-0.15, -0.1) is 0 Å². The Balaban J connectivity index is 2.70. The highest BCUT2D eigenvalue weighted by molar-refractivity contribution is 7.18. The lowest BCUT2D eigenvalue weighted by molar-refractivity contribution is 0.0956. The second kappa shape index (κ2) is 7.33. The maximum Gasteiger partial charge on any atom is 0.265 e. The maximum atomic E-state index is 12.0. The number of aromatic nitrogens is 1. The molecule has 6 heteroatoms. The van der Waals surface area contributed by atoms with Crippen LogP contribution in [-0.4, -0.2) is 30.5 Å². The molecule has 0 aromatic carbocycles. The van der Waals surface area contributed by atoms with Crippen molar-refractivity contribution < 1.29 is 4.79 Å². The number of rotatable bonds is 7. The monoisotopic (exact) mass is 284 g/mol. The van der Waals surface area contributed by atoms with Gasteiger partial charge in [0.2, 0.25) is 0 Å². The van der Waals surface area contributed by atoms with Crippen molar-refractivity contribution >= 4 is 28.2 Å². The predicted molar refractivity (Wildman–Crippen MR) is 81.9 cm³/mol. The summed E-state index contributed by atoms with van der Waals surface area (Å²) in [5, 5.41) is 3.71. The van der Waals surface area contributed by atoms with Crippen LogP contribution in [0.5, 0.6) is 0 Å². The average Bonchev–Trinajstić information content (AvgIpc) is 2.72. The zero-order chi connectivity index (χ0) is 14.4. The first-order chi connectivity index (χ1) is 8.99. The lowest BCUT2D eigenvalue weighted by Gasteiger charge is -2.16. The van der Waals surface area contributed by atoms with Gasteiger partial charge in [0.15, 0.2) is 5.13 Å². The Morgan fingerprint density at radius 2 is 2.05 bits per heavy atom. The number of hydrogen-bond acceptors (Lipinski definition) is 5. The largest absolute Gasteiger partial charge is 0.382 e. The van der Waals surface area contributed by atoms with Crippen LogP contribution in [0, 0.1) is 5.92 Å². The zero-order valence-electron chi connectivity index (χ0n) is 12.2. The van der Waals surface area contributed by atoms with Crippen molar-refractivity contribution in [1.29, 1.82) is 0 Å². The molecule has 0 atom stereocenters. The van der Waals surface area contributed by atoms with Crippen LogP contribution in [0.1, 0.15) is 43.8 Å². The van der Waals surface area contributed by atoms with Gasteiger partial charge in [-0.25, -0.2) is 4.98 Å². The minimum absolute atomic E-state index is 0.117. The summed E-state index contributed by atoms with van der Waals surface area (Å²) in [5.74, 6) is 0.786. The molecule has 0 spiro atoms. The molecule has 5 nitrogen and oxygen atoms in total. The van der Waals surface area contributed by atoms with Crippen molar-refractivity contribution in [3.05, 3.63) is 4.88 Å². The van der Waals surface area contributed by atoms with Gasteiger partial charge in [0.25, 0.3) is 5.91 Å². The van der Waals surface area contributed by atoms with Gasteiger partial charge in [0, 0.05) is 19.6 Å². The lowest BCUT2D eigenvalue weighted by Crippen LogP contribution is -2.25. The van der Waals surface area contributed by atoms with E-state index in [0.29, 0.717) is 23.2 Å². The van der Waals surface area contributed by atoms with Crippen LogP contribution in [0.25, 0.3) is 0 Å². The summed E-state index contributed by atoms with van der Waals surface area (Å²) in [6, 6.07) is 0. The van der Waals surface area contributed by atoms with Crippen LogP contribution in [0.4, 0.5) is 10.9 Å². The van der Waals surface area contributed by atoms with E-state index in [1.165, 1.54) is 11.3 Å². The Morgan fingerprint density at radius 3 is 2.58 bits per heavy atom. The summed E-state index contributed by atoms with van der Waals surface area (Å²) < 4.78 is 0. The number of anilines is 2. The van der Waals surface area contributed by atoms with Crippen LogP contribution >= 0.6 is 11.3 Å². The van der Waals surface area contributed by atoms with E-state index in [2.05, 4.69) is 42.9 Å². The van der Waals surface area contributed by atoms with Crippen molar-refractivity contribution in [2.75, 3.05) is 30.3 Å². The third-order valence-corrected chi connectivity index (χ3v) is 4.02. The Bertz CT molecular complexity index is 413. The van der Waals surface area contributed by atoms with Crippen molar-refractivity contribution in [3.8, 4) is 0 Å². The maximum absolute atomic E-state index is 12.0. The van der Waals surface area contributed by atoms with Gasteiger partial charge in [-0.05, 0) is 26.2 Å². The minimum Gasteiger partial charge on any atom is -0.382 e. The van der Waals surface area contributed by atoms with Crippen LogP contribution < -0.4 is 16.0 Å². The molecule has 3 N–H and O–H groups in total. The SMILES string of the molecule is CCN(CC)c1nc(N)c(C(=O)NCCC(C)C)s1. The molecule has 0 aliphatic heterocycles. The van der Waals surface area contributed by atoms with Crippen LogP contribution in [0.2, 0.25) is 0 Å². The third-order valence-electron chi connectivity index (χ3n) is 2.89. The summed E-state index contributed by atoms with van der Waals surface area (Å²) in [6.45, 7) is 10.8. The van der Waals surface area contributed by atoms with E-state index in [9.17, 15) is 4.79 Å². The second-order valence-corrected chi connectivity index (χ2v) is 5.80. The quantitative estimate of drug-likeness (QED) is 0.806. The molecule has 0 saturated carbocycles. The Hall–Kier alpha value is -1.30. The van der Waals surface area contributed by atoms with Gasteiger partial charge in [-0.2, -0.15) is 0 Å². The van der Waals surface area contributed by atoms with Crippen molar-refractivity contribution in [2.24, 2.45) is 5.92 Å². The lowest BCUT2D eigenvalue weighted by atomic mass is 10.1. The third kappa shape index (κ3) is 4.38. The van der Waals surface area contributed by atoms with Crippen molar-refractivity contribution in [1.82, 2.24) is 10.3 Å². The van der Waals surface area contributed by atoms with Gasteiger partial charge in [-0.3, -0.25) is 4.79 Å². The second-order valence-electron chi connectivity index (χ2n) is 4.82. The molecule has 0 bridgehead atoms. The van der Waals surface area contributed by atoms with Gasteiger partial charge in [0.1, 0.15) is 10.7 Å². The number of amides is 1. The molecular formula is C13H24N4OS. The number of nitrogens with two attached hydrogens (primary N) is 1. The van der Waals surface area contributed by atoms with Gasteiger partial charge >= 0.3 is 0 Å². The highest BCUT2D eigenvalue weighted by atomic mass is 32.1. The number of nitrogens with zero attached hydrogens (tertiary/aromatic N) is 2.